The third-order valence-electron chi connectivity index (χ3n) is 3.40. The average molecular weight is 269 g/mol. The molecule has 2 nitrogen and oxygen atoms in total. The van der Waals surface area contributed by atoms with Gasteiger partial charge in [-0.25, -0.2) is 0 Å². The Hall–Kier alpha value is -1.74. The molecule has 19 heavy (non-hydrogen) atoms. The third-order valence-corrected chi connectivity index (χ3v) is 4.75. The molecule has 0 aromatic heterocycles. The van der Waals surface area contributed by atoms with Crippen molar-refractivity contribution in [2.45, 2.75) is 16.7 Å². The van der Waals surface area contributed by atoms with Crippen LogP contribution in [0.5, 0.6) is 0 Å². The lowest BCUT2D eigenvalue weighted by Gasteiger charge is -2.20. The summed E-state index contributed by atoms with van der Waals surface area (Å²) in [5.41, 5.74) is 2.02. The zero-order valence-corrected chi connectivity index (χ0v) is 11.6. The quantitative estimate of drug-likeness (QED) is 0.790. The number of thioether (sulfide) groups is 1. The zero-order chi connectivity index (χ0) is 13.2. The number of nitrogens with zero attached hydrogens (tertiary/aromatic N) is 1. The molecule has 1 unspecified atom stereocenters. The van der Waals surface area contributed by atoms with Crippen LogP contribution in [0.15, 0.2) is 59.5 Å². The summed E-state index contributed by atoms with van der Waals surface area (Å²) in [6.45, 7) is 0. The Kier molecular flexibility index (Phi) is 3.30. The van der Waals surface area contributed by atoms with Crippen molar-refractivity contribution in [2.75, 3.05) is 11.9 Å². The van der Waals surface area contributed by atoms with Gasteiger partial charge in [-0.15, -0.1) is 0 Å². The first-order valence-corrected chi connectivity index (χ1v) is 7.20. The molecule has 2 aromatic rings. The van der Waals surface area contributed by atoms with Gasteiger partial charge in [0.2, 0.25) is 0 Å². The van der Waals surface area contributed by atoms with Gasteiger partial charge in [-0.1, -0.05) is 54.2 Å². The average Bonchev–Trinajstić information content (AvgIpc) is 2.77. The Morgan fingerprint density at radius 2 is 1.79 bits per heavy atom. The molecule has 0 bridgehead atoms. The van der Waals surface area contributed by atoms with Gasteiger partial charge in [0.25, 0.3) is 0 Å². The molecule has 0 radical (unpaired) electrons. The van der Waals surface area contributed by atoms with E-state index >= 15 is 0 Å². The van der Waals surface area contributed by atoms with E-state index in [0.717, 1.165) is 5.56 Å². The van der Waals surface area contributed by atoms with Crippen molar-refractivity contribution in [1.29, 1.82) is 0 Å². The second-order valence-electron chi connectivity index (χ2n) is 4.64. The molecular formula is C16H15NOS. The predicted molar refractivity (Wildman–Crippen MR) is 79.9 cm³/mol. The molecular weight excluding hydrogens is 254 g/mol. The number of carbonyl (C=O) groups excluding carboxylic acids is 1. The Bertz CT molecular complexity index is 597. The van der Waals surface area contributed by atoms with Crippen LogP contribution in [-0.4, -0.2) is 18.2 Å². The topological polar surface area (TPSA) is 20.3 Å². The third kappa shape index (κ3) is 2.38. The minimum Gasteiger partial charge on any atom is -0.361 e. The lowest BCUT2D eigenvalue weighted by atomic mass is 10.1. The van der Waals surface area contributed by atoms with Crippen LogP contribution in [0, 0.1) is 0 Å². The second-order valence-corrected chi connectivity index (χ2v) is 5.86. The number of hydrogen-bond acceptors (Lipinski definition) is 3. The van der Waals surface area contributed by atoms with Gasteiger partial charge < -0.3 is 4.90 Å². The molecule has 0 amide bonds. The first-order chi connectivity index (χ1) is 9.25. The van der Waals surface area contributed by atoms with Crippen LogP contribution < -0.4 is 4.90 Å². The monoisotopic (exact) mass is 269 g/mol. The molecule has 96 valence electrons. The van der Waals surface area contributed by atoms with E-state index in [1.165, 1.54) is 10.6 Å². The van der Waals surface area contributed by atoms with E-state index in [0.29, 0.717) is 6.42 Å². The molecule has 3 rings (SSSR count). The SMILES string of the molecule is CN1c2ccccc2SC1CC(=O)c1ccccc1. The number of fused-ring (bicyclic) bond motifs is 1. The number of benzene rings is 2. The van der Waals surface area contributed by atoms with Crippen LogP contribution >= 0.6 is 11.8 Å². The first-order valence-electron chi connectivity index (χ1n) is 6.32. The van der Waals surface area contributed by atoms with Gasteiger partial charge in [0.15, 0.2) is 5.78 Å². The maximum atomic E-state index is 12.3. The van der Waals surface area contributed by atoms with Crippen molar-refractivity contribution in [3.63, 3.8) is 0 Å². The number of rotatable bonds is 3. The molecule has 1 heterocycles. The lowest BCUT2D eigenvalue weighted by molar-refractivity contribution is 0.0982. The fourth-order valence-electron chi connectivity index (χ4n) is 2.31. The van der Waals surface area contributed by atoms with Gasteiger partial charge in [-0.3, -0.25) is 4.79 Å². The molecule has 1 aliphatic heterocycles. The Balaban J connectivity index is 1.75. The predicted octanol–water partition coefficient (Wildman–Crippen LogP) is 3.83. The van der Waals surface area contributed by atoms with E-state index in [1.807, 2.05) is 42.5 Å². The largest absolute Gasteiger partial charge is 0.361 e. The highest BCUT2D eigenvalue weighted by Gasteiger charge is 2.28. The molecule has 0 saturated carbocycles. The number of anilines is 1. The van der Waals surface area contributed by atoms with Gasteiger partial charge in [-0.05, 0) is 12.1 Å². The maximum absolute atomic E-state index is 12.3. The molecule has 1 atom stereocenters. The molecule has 0 spiro atoms. The molecule has 0 fully saturated rings. The van der Waals surface area contributed by atoms with E-state index in [2.05, 4.69) is 24.1 Å². The van der Waals surface area contributed by atoms with Crippen LogP contribution in [0.4, 0.5) is 5.69 Å². The standard InChI is InChI=1S/C16H15NOS/c1-17-13-9-5-6-10-15(13)19-16(17)11-14(18)12-7-3-2-4-8-12/h2-10,16H,11H2,1H3. The van der Waals surface area contributed by atoms with E-state index < -0.39 is 0 Å². The normalized spacial score (nSPS) is 17.3. The molecule has 3 heteroatoms. The second kappa shape index (κ2) is 5.10. The van der Waals surface area contributed by atoms with Crippen molar-refractivity contribution in [2.24, 2.45) is 0 Å². The number of carbonyl (C=O) groups is 1. The summed E-state index contributed by atoms with van der Waals surface area (Å²) >= 11 is 1.77. The summed E-state index contributed by atoms with van der Waals surface area (Å²) in [6.07, 6.45) is 0.542. The smallest absolute Gasteiger partial charge is 0.165 e. The van der Waals surface area contributed by atoms with E-state index in [-0.39, 0.29) is 11.2 Å². The molecule has 0 saturated heterocycles. The van der Waals surface area contributed by atoms with Gasteiger partial charge in [0.1, 0.15) is 0 Å². The van der Waals surface area contributed by atoms with Gasteiger partial charge in [-0.2, -0.15) is 0 Å². The summed E-state index contributed by atoms with van der Waals surface area (Å²) < 4.78 is 0. The van der Waals surface area contributed by atoms with Crippen LogP contribution in [0.1, 0.15) is 16.8 Å². The highest BCUT2D eigenvalue weighted by Crippen LogP contribution is 2.43. The highest BCUT2D eigenvalue weighted by atomic mass is 32.2. The maximum Gasteiger partial charge on any atom is 0.165 e. The van der Waals surface area contributed by atoms with Crippen LogP contribution in [0.2, 0.25) is 0 Å². The van der Waals surface area contributed by atoms with Crippen molar-refractivity contribution in [3.8, 4) is 0 Å². The van der Waals surface area contributed by atoms with Crippen LogP contribution in [0.25, 0.3) is 0 Å². The minimum atomic E-state index is 0.199. The highest BCUT2D eigenvalue weighted by molar-refractivity contribution is 8.00. The summed E-state index contributed by atoms with van der Waals surface area (Å²) in [7, 11) is 2.06. The summed E-state index contributed by atoms with van der Waals surface area (Å²) in [5.74, 6) is 0.206. The van der Waals surface area contributed by atoms with E-state index in [1.54, 1.807) is 11.8 Å². The van der Waals surface area contributed by atoms with Crippen molar-refractivity contribution in [3.05, 3.63) is 60.2 Å². The van der Waals surface area contributed by atoms with Gasteiger partial charge in [0.05, 0.1) is 11.1 Å². The minimum absolute atomic E-state index is 0.199. The van der Waals surface area contributed by atoms with Gasteiger partial charge in [0, 0.05) is 23.9 Å². The Morgan fingerprint density at radius 3 is 2.53 bits per heavy atom. The Labute approximate surface area is 117 Å². The van der Waals surface area contributed by atoms with Gasteiger partial charge >= 0.3 is 0 Å². The molecule has 1 aliphatic rings. The van der Waals surface area contributed by atoms with Crippen molar-refractivity contribution < 1.29 is 4.79 Å². The van der Waals surface area contributed by atoms with E-state index in [9.17, 15) is 4.79 Å². The molecule has 0 N–H and O–H groups in total. The first kappa shape index (κ1) is 12.3. The lowest BCUT2D eigenvalue weighted by Crippen LogP contribution is -2.27. The zero-order valence-electron chi connectivity index (χ0n) is 10.7. The van der Waals surface area contributed by atoms with Crippen molar-refractivity contribution >= 4 is 23.2 Å². The van der Waals surface area contributed by atoms with Crippen LogP contribution in [-0.2, 0) is 0 Å². The summed E-state index contributed by atoms with van der Waals surface area (Å²) in [5, 5.41) is 0.199. The fraction of sp³-hybridized carbons (Fsp3) is 0.188. The summed E-state index contributed by atoms with van der Waals surface area (Å²) in [6, 6.07) is 17.8. The number of hydrogen-bond donors (Lipinski definition) is 0. The molecule has 0 aliphatic carbocycles. The Morgan fingerprint density at radius 1 is 1.11 bits per heavy atom. The molecule has 2 aromatic carbocycles. The number of Topliss-reactive ketones (excluding diaryl/α,β-unsaturated/α-hetero) is 1. The summed E-state index contributed by atoms with van der Waals surface area (Å²) in [4.78, 5) is 15.7. The number of para-hydroxylation sites is 1. The van der Waals surface area contributed by atoms with E-state index in [4.69, 9.17) is 0 Å². The number of ketones is 1. The fourth-order valence-corrected chi connectivity index (χ4v) is 3.60. The van der Waals surface area contributed by atoms with Crippen LogP contribution in [0.3, 0.4) is 0 Å². The van der Waals surface area contributed by atoms with Crippen molar-refractivity contribution in [1.82, 2.24) is 0 Å².